The van der Waals surface area contributed by atoms with Gasteiger partial charge in [-0.05, 0) is 29.1 Å². The molecule has 2 aromatic rings. The maximum Gasteiger partial charge on any atom is 0.234 e. The lowest BCUT2D eigenvalue weighted by Gasteiger charge is -2.18. The molecule has 0 aliphatic carbocycles. The Morgan fingerprint density at radius 1 is 1.30 bits per heavy atom. The monoisotopic (exact) mass is 373 g/mol. The van der Waals surface area contributed by atoms with Crippen LogP contribution in [0.5, 0.6) is 5.75 Å². The van der Waals surface area contributed by atoms with Crippen LogP contribution >= 0.6 is 22.9 Å². The van der Waals surface area contributed by atoms with Gasteiger partial charge in [0, 0.05) is 6.54 Å². The van der Waals surface area contributed by atoms with Crippen LogP contribution in [0.4, 0.5) is 0 Å². The first kappa shape index (κ1) is 17.8. The Morgan fingerprint density at radius 3 is 2.52 bits per heavy atom. The number of rotatable bonds is 7. The topological polar surface area (TPSA) is 72.5 Å². The summed E-state index contributed by atoms with van der Waals surface area (Å²) in [6, 6.07) is 9.98. The van der Waals surface area contributed by atoms with Gasteiger partial charge in [0.2, 0.25) is 5.91 Å². The maximum atomic E-state index is 12.8. The van der Waals surface area contributed by atoms with Gasteiger partial charge < -0.3 is 10.1 Å². The zero-order valence-corrected chi connectivity index (χ0v) is 14.7. The summed E-state index contributed by atoms with van der Waals surface area (Å²) in [7, 11) is -2.08. The first-order chi connectivity index (χ1) is 11.0. The number of amides is 1. The van der Waals surface area contributed by atoms with E-state index in [-0.39, 0.29) is 16.6 Å². The number of alkyl halides is 1. The van der Waals surface area contributed by atoms with Crippen LogP contribution in [-0.4, -0.2) is 33.9 Å². The summed E-state index contributed by atoms with van der Waals surface area (Å²) in [6.07, 6.45) is 0. The van der Waals surface area contributed by atoms with Gasteiger partial charge in [-0.2, -0.15) is 0 Å². The van der Waals surface area contributed by atoms with Crippen LogP contribution in [0, 0.1) is 0 Å². The average Bonchev–Trinajstić information content (AvgIpc) is 3.10. The van der Waals surface area contributed by atoms with Crippen LogP contribution in [0.3, 0.4) is 0 Å². The molecule has 1 N–H and O–H groups in total. The minimum absolute atomic E-state index is 0.0435. The SMILES string of the molecule is COc1ccc([C@@H](CNC(=O)CCl)S(=O)(=O)c2cccs2)cc1. The van der Waals surface area contributed by atoms with Gasteiger partial charge in [-0.3, -0.25) is 4.79 Å². The molecule has 1 aromatic carbocycles. The number of carbonyl (C=O) groups is 1. The van der Waals surface area contributed by atoms with E-state index in [0.717, 1.165) is 11.3 Å². The molecule has 0 saturated carbocycles. The third-order valence-electron chi connectivity index (χ3n) is 3.24. The number of ether oxygens (including phenoxy) is 1. The molecular formula is C15H16ClNO4S2. The van der Waals surface area contributed by atoms with Crippen LogP contribution in [0.25, 0.3) is 0 Å². The molecule has 0 radical (unpaired) electrons. The fourth-order valence-electron chi connectivity index (χ4n) is 2.04. The van der Waals surface area contributed by atoms with Crippen molar-refractivity contribution in [1.82, 2.24) is 5.32 Å². The van der Waals surface area contributed by atoms with Crippen LogP contribution in [0.2, 0.25) is 0 Å². The van der Waals surface area contributed by atoms with Gasteiger partial charge in [-0.1, -0.05) is 18.2 Å². The van der Waals surface area contributed by atoms with Gasteiger partial charge in [0.1, 0.15) is 21.1 Å². The molecule has 1 amide bonds. The number of carbonyl (C=O) groups excluding carboxylic acids is 1. The smallest absolute Gasteiger partial charge is 0.234 e. The highest BCUT2D eigenvalue weighted by Crippen LogP contribution is 2.31. The molecule has 1 heterocycles. The first-order valence-electron chi connectivity index (χ1n) is 6.73. The van der Waals surface area contributed by atoms with Gasteiger partial charge in [0.25, 0.3) is 0 Å². The second-order valence-electron chi connectivity index (χ2n) is 4.68. The van der Waals surface area contributed by atoms with E-state index in [4.69, 9.17) is 16.3 Å². The highest BCUT2D eigenvalue weighted by molar-refractivity contribution is 7.93. The van der Waals surface area contributed by atoms with Gasteiger partial charge in [-0.15, -0.1) is 22.9 Å². The molecule has 0 bridgehead atoms. The zero-order valence-electron chi connectivity index (χ0n) is 12.4. The molecule has 0 fully saturated rings. The van der Waals surface area contributed by atoms with Gasteiger partial charge in [-0.25, -0.2) is 8.42 Å². The van der Waals surface area contributed by atoms with E-state index >= 15 is 0 Å². The van der Waals surface area contributed by atoms with Crippen LogP contribution in [0.15, 0.2) is 46.0 Å². The first-order valence-corrected chi connectivity index (χ1v) is 9.69. The van der Waals surface area contributed by atoms with Crippen molar-refractivity contribution in [3.63, 3.8) is 0 Å². The largest absolute Gasteiger partial charge is 0.497 e. The van der Waals surface area contributed by atoms with E-state index in [1.807, 2.05) is 0 Å². The van der Waals surface area contributed by atoms with Crippen LogP contribution in [0.1, 0.15) is 10.8 Å². The van der Waals surface area contributed by atoms with Crippen molar-refractivity contribution >= 4 is 38.7 Å². The molecule has 124 valence electrons. The van der Waals surface area contributed by atoms with Crippen molar-refractivity contribution in [3.05, 3.63) is 47.3 Å². The van der Waals surface area contributed by atoms with E-state index in [0.29, 0.717) is 11.3 Å². The van der Waals surface area contributed by atoms with Crippen LogP contribution < -0.4 is 10.1 Å². The van der Waals surface area contributed by atoms with Crippen molar-refractivity contribution < 1.29 is 17.9 Å². The Bertz CT molecular complexity index is 742. The van der Waals surface area contributed by atoms with Crippen molar-refractivity contribution in [2.45, 2.75) is 9.46 Å². The lowest BCUT2D eigenvalue weighted by atomic mass is 10.1. The number of methoxy groups -OCH3 is 1. The van der Waals surface area contributed by atoms with Gasteiger partial charge in [0.15, 0.2) is 9.84 Å². The number of nitrogens with one attached hydrogen (secondary N) is 1. The lowest BCUT2D eigenvalue weighted by molar-refractivity contribution is -0.118. The summed E-state index contributed by atoms with van der Waals surface area (Å²) in [5.41, 5.74) is 0.578. The Hall–Kier alpha value is -1.57. The summed E-state index contributed by atoms with van der Waals surface area (Å²) in [6.45, 7) is -0.0435. The number of thiophene rings is 1. The highest BCUT2D eigenvalue weighted by Gasteiger charge is 2.30. The summed E-state index contributed by atoms with van der Waals surface area (Å²) in [5.74, 6) is 0.00588. The molecule has 1 aromatic heterocycles. The molecule has 0 spiro atoms. The fourth-order valence-corrected chi connectivity index (χ4v) is 5.01. The Labute approximate surface area is 144 Å². The number of sulfone groups is 1. The molecule has 0 unspecified atom stereocenters. The maximum absolute atomic E-state index is 12.8. The van der Waals surface area contributed by atoms with E-state index < -0.39 is 21.0 Å². The van der Waals surface area contributed by atoms with Crippen molar-refractivity contribution in [1.29, 1.82) is 0 Å². The number of hydrogen-bond donors (Lipinski definition) is 1. The predicted molar refractivity (Wildman–Crippen MR) is 91.0 cm³/mol. The number of halogens is 1. The molecule has 1 atom stereocenters. The summed E-state index contributed by atoms with van der Waals surface area (Å²) >= 11 is 6.61. The number of hydrogen-bond acceptors (Lipinski definition) is 5. The predicted octanol–water partition coefficient (Wildman–Crippen LogP) is 2.63. The molecule has 5 nitrogen and oxygen atoms in total. The second kappa shape index (κ2) is 7.81. The summed E-state index contributed by atoms with van der Waals surface area (Å²) in [4.78, 5) is 11.4. The minimum Gasteiger partial charge on any atom is -0.497 e. The quantitative estimate of drug-likeness (QED) is 0.757. The van der Waals surface area contributed by atoms with E-state index in [1.54, 1.807) is 41.8 Å². The average molecular weight is 374 g/mol. The lowest BCUT2D eigenvalue weighted by Crippen LogP contribution is -2.32. The third-order valence-corrected chi connectivity index (χ3v) is 7.02. The molecule has 23 heavy (non-hydrogen) atoms. The van der Waals surface area contributed by atoms with Gasteiger partial charge >= 0.3 is 0 Å². The normalized spacial score (nSPS) is 12.6. The van der Waals surface area contributed by atoms with E-state index in [1.165, 1.54) is 7.11 Å². The summed E-state index contributed by atoms with van der Waals surface area (Å²) < 4.78 is 31.0. The standard InChI is InChI=1S/C15H16ClNO4S2/c1-21-12-6-4-11(5-7-12)13(10-17-14(18)9-16)23(19,20)15-3-2-8-22-15/h2-8,13H,9-10H2,1H3,(H,17,18)/t13-/m1/s1. The minimum atomic E-state index is -3.61. The van der Waals surface area contributed by atoms with Crippen molar-refractivity contribution in [2.24, 2.45) is 0 Å². The van der Waals surface area contributed by atoms with Crippen molar-refractivity contribution in [3.8, 4) is 5.75 Å². The molecule has 0 aliphatic rings. The van der Waals surface area contributed by atoms with Crippen LogP contribution in [-0.2, 0) is 14.6 Å². The van der Waals surface area contributed by atoms with E-state index in [9.17, 15) is 13.2 Å². The molecule has 8 heteroatoms. The Morgan fingerprint density at radius 2 is 2.00 bits per heavy atom. The molecular weight excluding hydrogens is 358 g/mol. The van der Waals surface area contributed by atoms with E-state index in [2.05, 4.69) is 5.32 Å². The fraction of sp³-hybridized carbons (Fsp3) is 0.267. The zero-order chi connectivity index (χ0) is 16.9. The summed E-state index contributed by atoms with van der Waals surface area (Å²) in [5, 5.41) is 3.36. The Kier molecular flexibility index (Phi) is 6.04. The molecule has 0 saturated heterocycles. The second-order valence-corrected chi connectivity index (χ2v) is 8.25. The third kappa shape index (κ3) is 4.25. The van der Waals surface area contributed by atoms with Gasteiger partial charge in [0.05, 0.1) is 7.11 Å². The number of benzene rings is 1. The van der Waals surface area contributed by atoms with Crippen molar-refractivity contribution in [2.75, 3.05) is 19.5 Å². The molecule has 2 rings (SSSR count). The molecule has 0 aliphatic heterocycles. The Balaban J connectivity index is 2.36. The highest BCUT2D eigenvalue weighted by atomic mass is 35.5.